The third kappa shape index (κ3) is 5.28. The smallest absolute Gasteiger partial charge is 0.336 e. The van der Waals surface area contributed by atoms with E-state index in [1.807, 2.05) is 22.9 Å². The van der Waals surface area contributed by atoms with Crippen LogP contribution in [0.25, 0.3) is 11.3 Å². The van der Waals surface area contributed by atoms with Gasteiger partial charge in [-0.1, -0.05) is 51.0 Å². The Morgan fingerprint density at radius 2 is 1.90 bits per heavy atom. The van der Waals surface area contributed by atoms with E-state index in [2.05, 4.69) is 23.9 Å². The highest BCUT2D eigenvalue weighted by molar-refractivity contribution is 5.95. The molecule has 0 atom stereocenters. The van der Waals surface area contributed by atoms with E-state index >= 15 is 0 Å². The third-order valence-corrected chi connectivity index (χ3v) is 4.86. The second kappa shape index (κ2) is 9.96. The SMILES string of the molecule is CCCCCn1nc(CCC)nc1Cc1ccc(-c2ccccc2C(=O)O)nc1. The highest BCUT2D eigenvalue weighted by Gasteiger charge is 2.13. The number of nitrogens with zero attached hydrogens (tertiary/aromatic N) is 4. The van der Waals surface area contributed by atoms with Gasteiger partial charge in [-0.15, -0.1) is 0 Å². The normalized spacial score (nSPS) is 11.0. The number of benzene rings is 1. The lowest BCUT2D eigenvalue weighted by molar-refractivity contribution is 0.0697. The number of aromatic nitrogens is 4. The molecular formula is C23H28N4O2. The standard InChI is InChI=1S/C23H28N4O2/c1-3-5-8-14-27-22(25-21(26-27)9-4-2)15-17-12-13-20(24-16-17)18-10-6-7-11-19(18)23(28)29/h6-7,10-13,16H,3-5,8-9,14-15H2,1-2H3,(H,28,29). The molecule has 2 aromatic heterocycles. The number of unbranched alkanes of at least 4 members (excludes halogenated alkanes) is 2. The highest BCUT2D eigenvalue weighted by Crippen LogP contribution is 2.22. The fraction of sp³-hybridized carbons (Fsp3) is 0.391. The molecule has 2 heterocycles. The summed E-state index contributed by atoms with van der Waals surface area (Å²) in [6.45, 7) is 5.22. The average molecular weight is 393 g/mol. The lowest BCUT2D eigenvalue weighted by Gasteiger charge is -2.08. The molecule has 3 rings (SSSR count). The fourth-order valence-corrected chi connectivity index (χ4v) is 3.34. The molecule has 1 N–H and O–H groups in total. The molecule has 0 saturated heterocycles. The topological polar surface area (TPSA) is 80.9 Å². The number of aryl methyl sites for hydroxylation is 2. The summed E-state index contributed by atoms with van der Waals surface area (Å²) in [4.78, 5) is 20.7. The Morgan fingerprint density at radius 3 is 2.59 bits per heavy atom. The van der Waals surface area contributed by atoms with Gasteiger partial charge in [0.25, 0.3) is 0 Å². The molecule has 152 valence electrons. The zero-order chi connectivity index (χ0) is 20.6. The zero-order valence-electron chi connectivity index (χ0n) is 17.1. The van der Waals surface area contributed by atoms with E-state index in [0.717, 1.165) is 43.0 Å². The van der Waals surface area contributed by atoms with Gasteiger partial charge in [-0.05, 0) is 30.5 Å². The van der Waals surface area contributed by atoms with Crippen molar-refractivity contribution in [2.24, 2.45) is 0 Å². The van der Waals surface area contributed by atoms with Gasteiger partial charge in [0.1, 0.15) is 5.82 Å². The van der Waals surface area contributed by atoms with Crippen molar-refractivity contribution in [3.8, 4) is 11.3 Å². The van der Waals surface area contributed by atoms with Gasteiger partial charge in [-0.3, -0.25) is 4.98 Å². The zero-order valence-corrected chi connectivity index (χ0v) is 17.1. The van der Waals surface area contributed by atoms with Crippen LogP contribution < -0.4 is 0 Å². The predicted octanol–water partition coefficient (Wildman–Crippen LogP) is 4.77. The molecule has 0 aliphatic heterocycles. The van der Waals surface area contributed by atoms with Crippen molar-refractivity contribution in [2.45, 2.75) is 58.9 Å². The number of carbonyl (C=O) groups is 1. The lowest BCUT2D eigenvalue weighted by atomic mass is 10.0. The van der Waals surface area contributed by atoms with E-state index in [4.69, 9.17) is 4.98 Å². The molecule has 3 aromatic rings. The van der Waals surface area contributed by atoms with Crippen molar-refractivity contribution in [3.63, 3.8) is 0 Å². The maximum absolute atomic E-state index is 11.5. The first-order valence-electron chi connectivity index (χ1n) is 10.3. The molecule has 1 aromatic carbocycles. The van der Waals surface area contributed by atoms with Crippen molar-refractivity contribution in [1.29, 1.82) is 0 Å². The Bertz CT molecular complexity index is 948. The number of carboxylic acid groups (broad SMARTS) is 1. The molecule has 0 fully saturated rings. The van der Waals surface area contributed by atoms with Crippen LogP contribution in [-0.2, 0) is 19.4 Å². The van der Waals surface area contributed by atoms with Gasteiger partial charge in [0, 0.05) is 31.1 Å². The van der Waals surface area contributed by atoms with E-state index < -0.39 is 5.97 Å². The first-order valence-corrected chi connectivity index (χ1v) is 10.3. The molecule has 0 radical (unpaired) electrons. The van der Waals surface area contributed by atoms with Crippen LogP contribution in [0.15, 0.2) is 42.6 Å². The van der Waals surface area contributed by atoms with Crippen molar-refractivity contribution >= 4 is 5.97 Å². The van der Waals surface area contributed by atoms with Crippen molar-refractivity contribution < 1.29 is 9.90 Å². The number of hydrogen-bond acceptors (Lipinski definition) is 4. The summed E-state index contributed by atoms with van der Waals surface area (Å²) < 4.78 is 2.04. The molecule has 0 amide bonds. The van der Waals surface area contributed by atoms with Crippen LogP contribution in [0.3, 0.4) is 0 Å². The van der Waals surface area contributed by atoms with Crippen molar-refractivity contribution in [1.82, 2.24) is 19.7 Å². The van der Waals surface area contributed by atoms with Gasteiger partial charge in [0.05, 0.1) is 11.3 Å². The molecule has 0 aliphatic carbocycles. The second-order valence-electron chi connectivity index (χ2n) is 7.20. The lowest BCUT2D eigenvalue weighted by Crippen LogP contribution is -2.07. The first-order chi connectivity index (χ1) is 14.1. The highest BCUT2D eigenvalue weighted by atomic mass is 16.4. The van der Waals surface area contributed by atoms with Crippen LogP contribution in [-0.4, -0.2) is 30.8 Å². The Kier molecular flexibility index (Phi) is 7.11. The van der Waals surface area contributed by atoms with Crippen molar-refractivity contribution in [3.05, 3.63) is 65.4 Å². The monoisotopic (exact) mass is 392 g/mol. The fourth-order valence-electron chi connectivity index (χ4n) is 3.34. The van der Waals surface area contributed by atoms with Crippen LogP contribution >= 0.6 is 0 Å². The van der Waals surface area contributed by atoms with Gasteiger partial charge in [0.2, 0.25) is 0 Å². The van der Waals surface area contributed by atoms with Gasteiger partial charge < -0.3 is 5.11 Å². The molecule has 0 saturated carbocycles. The van der Waals surface area contributed by atoms with E-state index in [1.54, 1.807) is 24.4 Å². The maximum Gasteiger partial charge on any atom is 0.336 e. The number of hydrogen-bond donors (Lipinski definition) is 1. The van der Waals surface area contributed by atoms with Crippen LogP contribution in [0.4, 0.5) is 0 Å². The number of pyridine rings is 1. The summed E-state index contributed by atoms with van der Waals surface area (Å²) in [5.41, 5.74) is 2.57. The third-order valence-electron chi connectivity index (χ3n) is 4.86. The predicted molar refractivity (Wildman–Crippen MR) is 113 cm³/mol. The minimum absolute atomic E-state index is 0.257. The van der Waals surface area contributed by atoms with E-state index in [9.17, 15) is 9.90 Å². The van der Waals surface area contributed by atoms with Gasteiger partial charge in [-0.25, -0.2) is 14.5 Å². The molecule has 0 aliphatic rings. The summed E-state index contributed by atoms with van der Waals surface area (Å²) >= 11 is 0. The Labute approximate surface area is 171 Å². The summed E-state index contributed by atoms with van der Waals surface area (Å²) in [5, 5.41) is 14.1. The van der Waals surface area contributed by atoms with Gasteiger partial charge >= 0.3 is 5.97 Å². The molecule has 0 bridgehead atoms. The minimum atomic E-state index is -0.949. The molecule has 6 nitrogen and oxygen atoms in total. The Hall–Kier alpha value is -3.02. The van der Waals surface area contributed by atoms with Crippen LogP contribution in [0.1, 0.15) is 67.1 Å². The molecule has 0 spiro atoms. The molecule has 29 heavy (non-hydrogen) atoms. The van der Waals surface area contributed by atoms with Crippen LogP contribution in [0.2, 0.25) is 0 Å². The van der Waals surface area contributed by atoms with Gasteiger partial charge in [-0.2, -0.15) is 5.10 Å². The molecule has 6 heteroatoms. The minimum Gasteiger partial charge on any atom is -0.478 e. The van der Waals surface area contributed by atoms with E-state index in [0.29, 0.717) is 17.7 Å². The molecular weight excluding hydrogens is 364 g/mol. The van der Waals surface area contributed by atoms with Crippen LogP contribution in [0, 0.1) is 0 Å². The summed E-state index contributed by atoms with van der Waals surface area (Å²) in [5.74, 6) is 0.916. The quantitative estimate of drug-likeness (QED) is 0.503. The Morgan fingerprint density at radius 1 is 1.07 bits per heavy atom. The second-order valence-corrected chi connectivity index (χ2v) is 7.20. The Balaban J connectivity index is 1.80. The largest absolute Gasteiger partial charge is 0.478 e. The van der Waals surface area contributed by atoms with Gasteiger partial charge in [0.15, 0.2) is 5.82 Å². The van der Waals surface area contributed by atoms with Crippen LogP contribution in [0.5, 0.6) is 0 Å². The first kappa shape index (κ1) is 20.7. The molecule has 0 unspecified atom stereocenters. The van der Waals surface area contributed by atoms with E-state index in [-0.39, 0.29) is 5.56 Å². The van der Waals surface area contributed by atoms with Crippen molar-refractivity contribution in [2.75, 3.05) is 0 Å². The maximum atomic E-state index is 11.5. The summed E-state index contributed by atoms with van der Waals surface area (Å²) in [6.07, 6.45) is 7.84. The summed E-state index contributed by atoms with van der Waals surface area (Å²) in [6, 6.07) is 10.8. The number of carboxylic acids is 1. The van der Waals surface area contributed by atoms with E-state index in [1.165, 1.54) is 12.8 Å². The summed E-state index contributed by atoms with van der Waals surface area (Å²) in [7, 11) is 0. The number of rotatable bonds is 10. The average Bonchev–Trinajstić information content (AvgIpc) is 3.10. The number of aromatic carboxylic acids is 1.